The highest BCUT2D eigenvalue weighted by atomic mass is 32.1. The van der Waals surface area contributed by atoms with Crippen LogP contribution in [0, 0.1) is 5.41 Å². The molecule has 1 rings (SSSR count). The second-order valence-electron chi connectivity index (χ2n) is 4.99. The van der Waals surface area contributed by atoms with Gasteiger partial charge in [-0.3, -0.25) is 4.79 Å². The molecule has 4 heteroatoms. The second-order valence-corrected chi connectivity index (χ2v) is 5.30. The number of phenols is 1. The van der Waals surface area contributed by atoms with Crippen LogP contribution >= 0.6 is 12.6 Å². The number of thiol groups is 1. The molecule has 94 valence electrons. The lowest BCUT2D eigenvalue weighted by Crippen LogP contribution is -2.24. The first-order valence-electron chi connectivity index (χ1n) is 5.44. The number of esters is 1. The summed E-state index contributed by atoms with van der Waals surface area (Å²) in [7, 11) is 0. The number of aromatic hydroxyl groups is 1. The Balaban J connectivity index is 2.98. The van der Waals surface area contributed by atoms with Crippen molar-refractivity contribution in [2.75, 3.05) is 5.75 Å². The fraction of sp³-hybridized carbons (Fsp3) is 0.462. The highest BCUT2D eigenvalue weighted by Gasteiger charge is 2.29. The molecule has 0 radical (unpaired) electrons. The summed E-state index contributed by atoms with van der Waals surface area (Å²) < 4.78 is 5.39. The number of carbonyl (C=O) groups is 1. The van der Waals surface area contributed by atoms with Crippen molar-refractivity contribution in [2.45, 2.75) is 26.9 Å². The molecule has 1 aromatic carbocycles. The van der Waals surface area contributed by atoms with Crippen LogP contribution in [0.4, 0.5) is 0 Å². The van der Waals surface area contributed by atoms with Gasteiger partial charge in [-0.05, 0) is 17.7 Å². The topological polar surface area (TPSA) is 46.5 Å². The van der Waals surface area contributed by atoms with E-state index in [4.69, 9.17) is 4.74 Å². The van der Waals surface area contributed by atoms with Crippen LogP contribution in [-0.4, -0.2) is 16.8 Å². The molecule has 0 aliphatic heterocycles. The molecule has 1 atom stereocenters. The van der Waals surface area contributed by atoms with Crippen molar-refractivity contribution in [1.29, 1.82) is 0 Å². The smallest absolute Gasteiger partial charge is 0.316 e. The Morgan fingerprint density at radius 3 is 2.29 bits per heavy atom. The lowest BCUT2D eigenvalue weighted by molar-refractivity contribution is -0.152. The largest absolute Gasteiger partial charge is 0.508 e. The van der Waals surface area contributed by atoms with E-state index in [1.807, 2.05) is 20.8 Å². The molecule has 0 aliphatic rings. The predicted molar refractivity (Wildman–Crippen MR) is 70.2 cm³/mol. The van der Waals surface area contributed by atoms with E-state index in [0.29, 0.717) is 0 Å². The minimum Gasteiger partial charge on any atom is -0.508 e. The van der Waals surface area contributed by atoms with E-state index < -0.39 is 0 Å². The van der Waals surface area contributed by atoms with Crippen LogP contribution in [0.1, 0.15) is 32.4 Å². The standard InChI is InChI=1S/C13H18O3S/c1-13(2,3)12(16-11(15)8-17)9-4-6-10(14)7-5-9/h4-7,12,14,17H,8H2,1-3H3. The maximum atomic E-state index is 11.4. The van der Waals surface area contributed by atoms with Gasteiger partial charge >= 0.3 is 5.97 Å². The zero-order valence-corrected chi connectivity index (χ0v) is 11.2. The molecule has 1 aromatic rings. The zero-order chi connectivity index (χ0) is 13.1. The summed E-state index contributed by atoms with van der Waals surface area (Å²) in [5.41, 5.74) is 0.653. The van der Waals surface area contributed by atoms with Crippen molar-refractivity contribution < 1.29 is 14.6 Å². The summed E-state index contributed by atoms with van der Waals surface area (Å²) in [6.45, 7) is 5.99. The van der Waals surface area contributed by atoms with E-state index in [-0.39, 0.29) is 29.0 Å². The number of ether oxygens (including phenoxy) is 1. The van der Waals surface area contributed by atoms with Gasteiger partial charge < -0.3 is 9.84 Å². The van der Waals surface area contributed by atoms with Gasteiger partial charge in [0, 0.05) is 5.41 Å². The number of hydrogen-bond acceptors (Lipinski definition) is 4. The molecule has 3 nitrogen and oxygen atoms in total. The number of benzene rings is 1. The van der Waals surface area contributed by atoms with Crippen LogP contribution in [0.3, 0.4) is 0 Å². The van der Waals surface area contributed by atoms with Crippen LogP contribution in [0.2, 0.25) is 0 Å². The third-order valence-electron chi connectivity index (χ3n) is 2.36. The normalized spacial score (nSPS) is 13.2. The predicted octanol–water partition coefficient (Wildman–Crippen LogP) is 2.95. The third kappa shape index (κ3) is 3.97. The molecule has 0 spiro atoms. The van der Waals surface area contributed by atoms with Crippen LogP contribution in [0.5, 0.6) is 5.75 Å². The van der Waals surface area contributed by atoms with Gasteiger partial charge in [0.1, 0.15) is 11.9 Å². The van der Waals surface area contributed by atoms with Gasteiger partial charge in [-0.1, -0.05) is 32.9 Å². The van der Waals surface area contributed by atoms with E-state index in [1.165, 1.54) is 0 Å². The quantitative estimate of drug-likeness (QED) is 0.644. The van der Waals surface area contributed by atoms with Gasteiger partial charge in [-0.15, -0.1) is 0 Å². The van der Waals surface area contributed by atoms with Crippen molar-refractivity contribution in [1.82, 2.24) is 0 Å². The van der Waals surface area contributed by atoms with E-state index in [1.54, 1.807) is 24.3 Å². The summed E-state index contributed by atoms with van der Waals surface area (Å²) in [5.74, 6) is -0.0896. The van der Waals surface area contributed by atoms with Gasteiger partial charge in [-0.25, -0.2) is 0 Å². The fourth-order valence-corrected chi connectivity index (χ4v) is 1.64. The third-order valence-corrected chi connectivity index (χ3v) is 2.62. The molecule has 0 aromatic heterocycles. The van der Waals surface area contributed by atoms with Crippen molar-refractivity contribution >= 4 is 18.6 Å². The minimum atomic E-state index is -0.346. The van der Waals surface area contributed by atoms with Gasteiger partial charge in [0.25, 0.3) is 0 Å². The molecule has 17 heavy (non-hydrogen) atoms. The average Bonchev–Trinajstić information content (AvgIpc) is 2.25. The SMILES string of the molecule is CC(C)(C)C(OC(=O)CS)c1ccc(O)cc1. The molecular weight excluding hydrogens is 236 g/mol. The second kappa shape index (κ2) is 5.45. The summed E-state index contributed by atoms with van der Waals surface area (Å²) in [5, 5.41) is 9.25. The summed E-state index contributed by atoms with van der Waals surface area (Å²) in [4.78, 5) is 11.4. The number of hydrogen-bond donors (Lipinski definition) is 2. The molecule has 0 saturated carbocycles. The summed E-state index contributed by atoms with van der Waals surface area (Å²) in [6, 6.07) is 6.69. The van der Waals surface area contributed by atoms with Crippen molar-refractivity contribution in [2.24, 2.45) is 5.41 Å². The first-order valence-corrected chi connectivity index (χ1v) is 6.07. The fourth-order valence-electron chi connectivity index (χ4n) is 1.56. The zero-order valence-electron chi connectivity index (χ0n) is 10.3. The molecule has 0 heterocycles. The Morgan fingerprint density at radius 2 is 1.88 bits per heavy atom. The monoisotopic (exact) mass is 254 g/mol. The molecule has 0 saturated heterocycles. The number of rotatable bonds is 3. The number of phenolic OH excluding ortho intramolecular Hbond substituents is 1. The van der Waals surface area contributed by atoms with Crippen LogP contribution in [0.25, 0.3) is 0 Å². The highest BCUT2D eigenvalue weighted by molar-refractivity contribution is 7.81. The summed E-state index contributed by atoms with van der Waals surface area (Å²) in [6.07, 6.45) is -0.345. The van der Waals surface area contributed by atoms with Crippen molar-refractivity contribution in [3.63, 3.8) is 0 Å². The first-order chi connectivity index (χ1) is 7.84. The molecule has 0 bridgehead atoms. The Hall–Kier alpha value is -1.16. The Bertz CT molecular complexity index is 379. The van der Waals surface area contributed by atoms with E-state index in [9.17, 15) is 9.90 Å². The highest BCUT2D eigenvalue weighted by Crippen LogP contribution is 2.36. The first kappa shape index (κ1) is 13.9. The lowest BCUT2D eigenvalue weighted by Gasteiger charge is -2.30. The summed E-state index contributed by atoms with van der Waals surface area (Å²) >= 11 is 3.90. The van der Waals surface area contributed by atoms with Gasteiger partial charge in [-0.2, -0.15) is 12.6 Å². The van der Waals surface area contributed by atoms with Gasteiger partial charge in [0.15, 0.2) is 0 Å². The maximum Gasteiger partial charge on any atom is 0.316 e. The van der Waals surface area contributed by atoms with Crippen molar-refractivity contribution in [3.8, 4) is 5.75 Å². The molecule has 0 aliphatic carbocycles. The molecule has 1 N–H and O–H groups in total. The number of carbonyl (C=O) groups excluding carboxylic acids is 1. The van der Waals surface area contributed by atoms with Gasteiger partial charge in [0.05, 0.1) is 5.75 Å². The molecule has 1 unspecified atom stereocenters. The van der Waals surface area contributed by atoms with Crippen molar-refractivity contribution in [3.05, 3.63) is 29.8 Å². The lowest BCUT2D eigenvalue weighted by atomic mass is 9.84. The van der Waals surface area contributed by atoms with Crippen LogP contribution in [-0.2, 0) is 9.53 Å². The Labute approximate surface area is 107 Å². The van der Waals surface area contributed by atoms with E-state index >= 15 is 0 Å². The maximum absolute atomic E-state index is 11.4. The van der Waals surface area contributed by atoms with E-state index in [2.05, 4.69) is 12.6 Å². The Kier molecular flexibility index (Phi) is 4.46. The van der Waals surface area contributed by atoms with Crippen LogP contribution in [0.15, 0.2) is 24.3 Å². The minimum absolute atomic E-state index is 0.0602. The molecule has 0 amide bonds. The molecular formula is C13H18O3S. The van der Waals surface area contributed by atoms with Crippen LogP contribution < -0.4 is 0 Å². The Morgan fingerprint density at radius 1 is 1.35 bits per heavy atom. The van der Waals surface area contributed by atoms with E-state index in [0.717, 1.165) is 5.56 Å². The molecule has 0 fully saturated rings. The van der Waals surface area contributed by atoms with Gasteiger partial charge in [0.2, 0.25) is 0 Å². The average molecular weight is 254 g/mol.